The molecular weight excluding hydrogens is 427 g/mol. The molecule has 3 aromatic rings. The van der Waals surface area contributed by atoms with Gasteiger partial charge in [-0.05, 0) is 49.3 Å². The Balaban J connectivity index is 1.48. The summed E-state index contributed by atoms with van der Waals surface area (Å²) in [6.45, 7) is 3.03. The molecule has 0 bridgehead atoms. The standard InChI is InChI=1S/C23H25FN6O3/c1-11-14(9-28-22-21(11)26-5-6-33-22)13-7-12-8-18(27-10-15(12)20(25)19(13)24)30-23(32)29-16-3-2-4-17(16)31/h7-10,16-17,26,31H,2-6,25H2,1H3,(H2,27,29,30,32). The third-order valence-corrected chi connectivity index (χ3v) is 6.27. The van der Waals surface area contributed by atoms with Gasteiger partial charge in [-0.3, -0.25) is 5.32 Å². The highest BCUT2D eigenvalue weighted by Crippen LogP contribution is 2.39. The number of pyridine rings is 2. The van der Waals surface area contributed by atoms with Crippen LogP contribution in [0.1, 0.15) is 24.8 Å². The number of benzene rings is 1. The first kappa shape index (κ1) is 21.2. The maximum absolute atomic E-state index is 15.3. The van der Waals surface area contributed by atoms with E-state index in [4.69, 9.17) is 10.5 Å². The van der Waals surface area contributed by atoms with Crippen molar-refractivity contribution in [2.45, 2.75) is 38.3 Å². The van der Waals surface area contributed by atoms with Gasteiger partial charge in [0, 0.05) is 35.5 Å². The number of aliphatic hydroxyl groups is 1. The van der Waals surface area contributed by atoms with E-state index in [0.717, 1.165) is 24.1 Å². The van der Waals surface area contributed by atoms with Gasteiger partial charge in [0.2, 0.25) is 5.88 Å². The summed E-state index contributed by atoms with van der Waals surface area (Å²) in [6, 6.07) is 2.58. The third-order valence-electron chi connectivity index (χ3n) is 6.27. The molecule has 9 nitrogen and oxygen atoms in total. The molecule has 6 N–H and O–H groups in total. The second-order valence-corrected chi connectivity index (χ2v) is 8.40. The number of aromatic nitrogens is 2. The number of nitrogens with one attached hydrogen (secondary N) is 3. The van der Waals surface area contributed by atoms with Crippen LogP contribution in [0.25, 0.3) is 21.9 Å². The van der Waals surface area contributed by atoms with E-state index in [1.165, 1.54) is 6.20 Å². The van der Waals surface area contributed by atoms with Crippen LogP contribution in [0.2, 0.25) is 0 Å². The molecule has 5 rings (SSSR count). The lowest BCUT2D eigenvalue weighted by atomic mass is 9.97. The maximum atomic E-state index is 15.3. The summed E-state index contributed by atoms with van der Waals surface area (Å²) < 4.78 is 20.8. The smallest absolute Gasteiger partial charge is 0.320 e. The summed E-state index contributed by atoms with van der Waals surface area (Å²) in [6.07, 6.45) is 4.74. The van der Waals surface area contributed by atoms with Gasteiger partial charge in [0.05, 0.1) is 17.8 Å². The first-order valence-electron chi connectivity index (χ1n) is 10.9. The van der Waals surface area contributed by atoms with Crippen molar-refractivity contribution < 1.29 is 19.0 Å². The number of aliphatic hydroxyl groups excluding tert-OH is 1. The minimum atomic E-state index is -0.556. The first-order valence-corrected chi connectivity index (χ1v) is 10.9. The van der Waals surface area contributed by atoms with Crippen LogP contribution in [-0.2, 0) is 0 Å². The number of hydrogen-bond donors (Lipinski definition) is 5. The summed E-state index contributed by atoms with van der Waals surface area (Å²) >= 11 is 0. The summed E-state index contributed by atoms with van der Waals surface area (Å²) in [5.74, 6) is 0.227. The molecule has 1 aliphatic carbocycles. The van der Waals surface area contributed by atoms with Crippen LogP contribution in [0, 0.1) is 12.7 Å². The lowest BCUT2D eigenvalue weighted by Crippen LogP contribution is -2.42. The number of amides is 2. The van der Waals surface area contributed by atoms with Crippen LogP contribution in [0.4, 0.5) is 26.4 Å². The summed E-state index contributed by atoms with van der Waals surface area (Å²) in [5, 5.41) is 19.7. The number of ether oxygens (including phenoxy) is 1. The van der Waals surface area contributed by atoms with Crippen molar-refractivity contribution in [3.05, 3.63) is 35.9 Å². The Morgan fingerprint density at radius 3 is 2.91 bits per heavy atom. The molecule has 0 saturated heterocycles. The average molecular weight is 452 g/mol. The van der Waals surface area contributed by atoms with Crippen molar-refractivity contribution in [3.8, 4) is 17.0 Å². The SMILES string of the molecule is Cc1c(-c2cc3cc(NC(=O)NC4CCCC4O)ncc3c(N)c2F)cnc2c1NCCO2. The predicted octanol–water partition coefficient (Wildman–Crippen LogP) is 3.17. The van der Waals surface area contributed by atoms with Crippen LogP contribution >= 0.6 is 0 Å². The highest BCUT2D eigenvalue weighted by molar-refractivity contribution is 6.00. The summed E-state index contributed by atoms with van der Waals surface area (Å²) in [4.78, 5) is 20.9. The second-order valence-electron chi connectivity index (χ2n) is 8.40. The molecular formula is C23H25FN6O3. The van der Waals surface area contributed by atoms with Crippen molar-refractivity contribution in [1.29, 1.82) is 0 Å². The van der Waals surface area contributed by atoms with Gasteiger partial charge in [-0.25, -0.2) is 19.2 Å². The largest absolute Gasteiger partial charge is 0.474 e. The molecule has 2 unspecified atom stereocenters. The molecule has 10 heteroatoms. The molecule has 1 aliphatic heterocycles. The zero-order valence-electron chi connectivity index (χ0n) is 18.1. The quantitative estimate of drug-likeness (QED) is 0.385. The fourth-order valence-electron chi connectivity index (χ4n) is 4.48. The highest BCUT2D eigenvalue weighted by Gasteiger charge is 2.27. The van der Waals surface area contributed by atoms with Crippen LogP contribution in [0.5, 0.6) is 5.88 Å². The molecule has 1 saturated carbocycles. The Labute approximate surface area is 189 Å². The normalized spacial score (nSPS) is 19.5. The number of hydrogen-bond acceptors (Lipinski definition) is 7. The number of halogens is 1. The van der Waals surface area contributed by atoms with E-state index < -0.39 is 18.0 Å². The molecule has 2 aliphatic rings. The topological polar surface area (TPSA) is 134 Å². The van der Waals surface area contributed by atoms with Crippen LogP contribution < -0.4 is 26.4 Å². The zero-order valence-corrected chi connectivity index (χ0v) is 18.1. The second kappa shape index (κ2) is 8.36. The number of rotatable bonds is 3. The average Bonchev–Trinajstić information content (AvgIpc) is 3.21. The highest BCUT2D eigenvalue weighted by atomic mass is 19.1. The van der Waals surface area contributed by atoms with Crippen LogP contribution in [-0.4, -0.2) is 46.4 Å². The van der Waals surface area contributed by atoms with Crippen molar-refractivity contribution in [2.24, 2.45) is 0 Å². The van der Waals surface area contributed by atoms with Crippen molar-refractivity contribution in [1.82, 2.24) is 15.3 Å². The lowest BCUT2D eigenvalue weighted by molar-refractivity contribution is 0.151. The van der Waals surface area contributed by atoms with Crippen LogP contribution in [0.3, 0.4) is 0 Å². The number of nitrogens with two attached hydrogens (primary N) is 1. The number of fused-ring (bicyclic) bond motifs is 2. The van der Waals surface area contributed by atoms with Gasteiger partial charge < -0.3 is 26.2 Å². The fourth-order valence-corrected chi connectivity index (χ4v) is 4.48. The van der Waals surface area contributed by atoms with Crippen LogP contribution in [0.15, 0.2) is 24.5 Å². The number of anilines is 3. The number of nitrogens with zero attached hydrogens (tertiary/aromatic N) is 2. The maximum Gasteiger partial charge on any atom is 0.320 e. The molecule has 2 amide bonds. The van der Waals surface area contributed by atoms with Crippen molar-refractivity contribution in [2.75, 3.05) is 29.5 Å². The minimum Gasteiger partial charge on any atom is -0.474 e. The Morgan fingerprint density at radius 2 is 2.12 bits per heavy atom. The Morgan fingerprint density at radius 1 is 1.27 bits per heavy atom. The predicted molar refractivity (Wildman–Crippen MR) is 124 cm³/mol. The van der Waals surface area contributed by atoms with Crippen molar-refractivity contribution >= 4 is 34.0 Å². The zero-order chi connectivity index (χ0) is 23.1. The van der Waals surface area contributed by atoms with Gasteiger partial charge in [0.1, 0.15) is 18.1 Å². The van der Waals surface area contributed by atoms with E-state index in [1.807, 2.05) is 6.92 Å². The van der Waals surface area contributed by atoms with Gasteiger partial charge in [-0.2, -0.15) is 0 Å². The van der Waals surface area contributed by atoms with Gasteiger partial charge in [0.15, 0.2) is 5.82 Å². The Hall–Kier alpha value is -3.66. The molecule has 2 atom stereocenters. The summed E-state index contributed by atoms with van der Waals surface area (Å²) in [7, 11) is 0. The molecule has 33 heavy (non-hydrogen) atoms. The van der Waals surface area contributed by atoms with Crippen molar-refractivity contribution in [3.63, 3.8) is 0 Å². The van der Waals surface area contributed by atoms with E-state index >= 15 is 4.39 Å². The molecule has 1 aromatic carbocycles. The number of carbonyl (C=O) groups excluding carboxylic acids is 1. The van der Waals surface area contributed by atoms with Gasteiger partial charge in [-0.1, -0.05) is 0 Å². The Bertz CT molecular complexity index is 1250. The monoisotopic (exact) mass is 452 g/mol. The van der Waals surface area contributed by atoms with E-state index in [1.54, 1.807) is 18.3 Å². The first-order chi connectivity index (χ1) is 15.9. The molecule has 0 radical (unpaired) electrons. The van der Waals surface area contributed by atoms with Gasteiger partial charge >= 0.3 is 6.03 Å². The molecule has 172 valence electrons. The molecule has 1 fully saturated rings. The Kier molecular flexibility index (Phi) is 5.37. The summed E-state index contributed by atoms with van der Waals surface area (Å²) in [5.41, 5.74) is 8.53. The number of nitrogen functional groups attached to an aromatic ring is 1. The van der Waals surface area contributed by atoms with E-state index in [0.29, 0.717) is 53.2 Å². The fraction of sp³-hybridized carbons (Fsp3) is 0.348. The van der Waals surface area contributed by atoms with Gasteiger partial charge in [-0.15, -0.1) is 0 Å². The minimum absolute atomic E-state index is 0.0265. The number of carbonyl (C=O) groups is 1. The number of urea groups is 1. The van der Waals surface area contributed by atoms with E-state index in [-0.39, 0.29) is 11.7 Å². The molecule has 2 aromatic heterocycles. The lowest BCUT2D eigenvalue weighted by Gasteiger charge is -2.22. The van der Waals surface area contributed by atoms with E-state index in [2.05, 4.69) is 25.9 Å². The van der Waals surface area contributed by atoms with Gasteiger partial charge in [0.25, 0.3) is 0 Å². The molecule has 0 spiro atoms. The van der Waals surface area contributed by atoms with E-state index in [9.17, 15) is 9.90 Å². The third kappa shape index (κ3) is 3.86. The molecule has 3 heterocycles.